The van der Waals surface area contributed by atoms with E-state index in [0.717, 1.165) is 8.58 Å². The molecule has 0 aliphatic heterocycles. The van der Waals surface area contributed by atoms with Gasteiger partial charge in [0.15, 0.2) is 0 Å². The maximum Gasteiger partial charge on any atom is 2.00 e. The number of benzene rings is 3. The van der Waals surface area contributed by atoms with Crippen LogP contribution in [0.3, 0.4) is 0 Å². The van der Waals surface area contributed by atoms with Gasteiger partial charge in [0.1, 0.15) is 0 Å². The summed E-state index contributed by atoms with van der Waals surface area (Å²) in [4.78, 5) is 0. The van der Waals surface area contributed by atoms with Crippen LogP contribution in [0.5, 0.6) is 0 Å². The van der Waals surface area contributed by atoms with Crippen LogP contribution < -0.4 is 10.6 Å². The Morgan fingerprint density at radius 2 is 1.37 bits per heavy atom. The van der Waals surface area contributed by atoms with E-state index in [1.54, 1.807) is 0 Å². The van der Waals surface area contributed by atoms with E-state index in [0.29, 0.717) is 0 Å². The third kappa shape index (κ3) is 4.85. The molecule has 0 saturated carbocycles. The van der Waals surface area contributed by atoms with Crippen LogP contribution in [0.1, 0.15) is 5.56 Å². The largest absolute Gasteiger partial charge is 2.00 e. The van der Waals surface area contributed by atoms with Gasteiger partial charge in [0.05, 0.1) is 0 Å². The van der Waals surface area contributed by atoms with Crippen LogP contribution in [0.15, 0.2) is 103 Å². The predicted molar refractivity (Wildman–Crippen MR) is 118 cm³/mol. The summed E-state index contributed by atoms with van der Waals surface area (Å²) in [5.74, 6) is 0. The Morgan fingerprint density at radius 3 is 2.11 bits per heavy atom. The first kappa shape index (κ1) is 19.8. The first-order valence-electron chi connectivity index (χ1n) is 8.88. The second-order valence-electron chi connectivity index (χ2n) is 6.47. The molecule has 0 fully saturated rings. The van der Waals surface area contributed by atoms with Crippen LogP contribution in [0.2, 0.25) is 0 Å². The molecular weight excluding hydrogens is 379 g/mol. The fourth-order valence-electron chi connectivity index (χ4n) is 3.16. The van der Waals surface area contributed by atoms with Crippen LogP contribution in [-0.2, 0) is 21.7 Å². The zero-order valence-corrected chi connectivity index (χ0v) is 17.9. The van der Waals surface area contributed by atoms with Crippen LogP contribution in [0.4, 0.5) is 0 Å². The Kier molecular flexibility index (Phi) is 6.81. The van der Waals surface area contributed by atoms with Crippen molar-refractivity contribution >= 4 is 40.7 Å². The van der Waals surface area contributed by atoms with Gasteiger partial charge in [0.2, 0.25) is 0 Å². The fraction of sp³-hybridized carbons (Fsp3) is 0.0400. The number of hydrogen-bond acceptors (Lipinski definition) is 0. The third-order valence-corrected chi connectivity index (χ3v) is 6.00. The molecule has 0 aromatic heterocycles. The van der Waals surface area contributed by atoms with Crippen LogP contribution in [0.25, 0.3) is 21.5 Å². The van der Waals surface area contributed by atoms with E-state index in [2.05, 4.69) is 110 Å². The van der Waals surface area contributed by atoms with Gasteiger partial charge in [0.25, 0.3) is 0 Å². The summed E-state index contributed by atoms with van der Waals surface area (Å²) < 4.78 is 0. The molecule has 5 aromatic rings. The molecule has 130 valence electrons. The standard InChI is InChI=1S/C16H14P.C9H7.Ti/c1-12-6-2-5-9-16(12)17-15-10-13-7-3-4-8-14(13)11-15;1-2-5-9-7-3-6-8(9)4-1;/h2-11,17H,1H3;1-7H;/q2*-1;+2. The molecule has 0 bridgehead atoms. The average Bonchev–Trinajstić information content (AvgIpc) is 3.30. The summed E-state index contributed by atoms with van der Waals surface area (Å²) in [7, 11) is 0.759. The molecule has 2 heteroatoms. The van der Waals surface area contributed by atoms with Gasteiger partial charge in [-0.3, -0.25) is 0 Å². The van der Waals surface area contributed by atoms with E-state index in [9.17, 15) is 0 Å². The summed E-state index contributed by atoms with van der Waals surface area (Å²) >= 11 is 0. The second-order valence-corrected chi connectivity index (χ2v) is 7.83. The van der Waals surface area contributed by atoms with E-state index in [4.69, 9.17) is 0 Å². The molecule has 0 aliphatic carbocycles. The molecule has 5 rings (SSSR count). The minimum Gasteiger partial charge on any atom is -0.168 e. The summed E-state index contributed by atoms with van der Waals surface area (Å²) in [6, 6.07) is 36.5. The van der Waals surface area contributed by atoms with E-state index in [1.165, 1.54) is 37.7 Å². The van der Waals surface area contributed by atoms with Crippen molar-refractivity contribution in [3.8, 4) is 0 Å². The van der Waals surface area contributed by atoms with E-state index in [-0.39, 0.29) is 21.7 Å². The number of fused-ring (bicyclic) bond motifs is 2. The van der Waals surface area contributed by atoms with Crippen molar-refractivity contribution in [2.45, 2.75) is 6.92 Å². The summed E-state index contributed by atoms with van der Waals surface area (Å²) in [6.07, 6.45) is 0. The van der Waals surface area contributed by atoms with Crippen LogP contribution >= 0.6 is 8.58 Å². The molecule has 0 nitrogen and oxygen atoms in total. The van der Waals surface area contributed by atoms with Crippen LogP contribution in [-0.4, -0.2) is 0 Å². The predicted octanol–water partition coefficient (Wildman–Crippen LogP) is 6.05. The van der Waals surface area contributed by atoms with Crippen molar-refractivity contribution in [1.82, 2.24) is 0 Å². The zero-order chi connectivity index (χ0) is 17.8. The van der Waals surface area contributed by atoms with Crippen molar-refractivity contribution in [2.24, 2.45) is 0 Å². The second kappa shape index (κ2) is 9.29. The average molecular weight is 400 g/mol. The number of aryl methyl sites for hydroxylation is 1. The van der Waals surface area contributed by atoms with E-state index in [1.807, 2.05) is 0 Å². The maximum absolute atomic E-state index is 2.31. The number of rotatable bonds is 2. The third-order valence-electron chi connectivity index (χ3n) is 4.59. The van der Waals surface area contributed by atoms with Gasteiger partial charge < -0.3 is 0 Å². The summed E-state index contributed by atoms with van der Waals surface area (Å²) in [6.45, 7) is 2.19. The van der Waals surface area contributed by atoms with Crippen molar-refractivity contribution in [2.75, 3.05) is 0 Å². The molecule has 0 saturated heterocycles. The van der Waals surface area contributed by atoms with Crippen molar-refractivity contribution < 1.29 is 21.7 Å². The molecule has 0 N–H and O–H groups in total. The quantitative estimate of drug-likeness (QED) is 0.192. The fourth-order valence-corrected chi connectivity index (χ4v) is 4.39. The van der Waals surface area contributed by atoms with Crippen LogP contribution in [0, 0.1) is 6.92 Å². The normalized spacial score (nSPS) is 10.7. The molecule has 1 atom stereocenters. The minimum absolute atomic E-state index is 0. The van der Waals surface area contributed by atoms with Gasteiger partial charge in [-0.2, -0.15) is 23.6 Å². The van der Waals surface area contributed by atoms with Gasteiger partial charge in [-0.15, -0.1) is 70.0 Å². The Labute approximate surface area is 177 Å². The molecule has 0 heterocycles. The SMILES string of the molecule is Cc1ccccc1Pc1cc2ccccc2[cH-]1.[Ti+2].c1ccc2[cH-]ccc2c1. The Morgan fingerprint density at radius 1 is 0.704 bits per heavy atom. The molecule has 0 spiro atoms. The zero-order valence-electron chi connectivity index (χ0n) is 15.3. The van der Waals surface area contributed by atoms with Crippen molar-refractivity contribution in [3.05, 3.63) is 109 Å². The molecule has 0 radical (unpaired) electrons. The Balaban J connectivity index is 0.000000178. The van der Waals surface area contributed by atoms with E-state index >= 15 is 0 Å². The van der Waals surface area contributed by atoms with Crippen molar-refractivity contribution in [3.63, 3.8) is 0 Å². The van der Waals surface area contributed by atoms with Crippen molar-refractivity contribution in [1.29, 1.82) is 0 Å². The van der Waals surface area contributed by atoms with Gasteiger partial charge in [-0.25, -0.2) is 0 Å². The van der Waals surface area contributed by atoms with Gasteiger partial charge in [0, 0.05) is 0 Å². The van der Waals surface area contributed by atoms with Gasteiger partial charge >= 0.3 is 21.7 Å². The molecular formula is C25H21PTi. The summed E-state index contributed by atoms with van der Waals surface area (Å²) in [5.41, 5.74) is 1.39. The Hall–Kier alpha value is -1.98. The van der Waals surface area contributed by atoms with Gasteiger partial charge in [-0.1, -0.05) is 45.0 Å². The molecule has 1 unspecified atom stereocenters. The Bertz CT molecular complexity index is 1070. The molecule has 0 amide bonds. The monoisotopic (exact) mass is 400 g/mol. The minimum atomic E-state index is 0. The molecule has 5 aromatic carbocycles. The summed E-state index contributed by atoms with van der Waals surface area (Å²) in [5, 5.41) is 8.24. The first-order chi connectivity index (χ1) is 12.8. The van der Waals surface area contributed by atoms with E-state index < -0.39 is 0 Å². The smallest absolute Gasteiger partial charge is 0.168 e. The first-order valence-corrected chi connectivity index (χ1v) is 9.88. The van der Waals surface area contributed by atoms with Gasteiger partial charge in [-0.05, 0) is 17.8 Å². The molecule has 27 heavy (non-hydrogen) atoms. The maximum atomic E-state index is 2.31. The molecule has 0 aliphatic rings. The topological polar surface area (TPSA) is 0 Å². The number of hydrogen-bond donors (Lipinski definition) is 0.